The molecule has 1 aliphatic heterocycles. The third-order valence-electron chi connectivity index (χ3n) is 4.08. The van der Waals surface area contributed by atoms with Crippen LogP contribution >= 0.6 is 0 Å². The van der Waals surface area contributed by atoms with Crippen LogP contribution in [-0.4, -0.2) is 51.2 Å². The van der Waals surface area contributed by atoms with Crippen molar-refractivity contribution >= 4 is 15.7 Å². The van der Waals surface area contributed by atoms with Crippen molar-refractivity contribution in [3.8, 4) is 5.75 Å². The highest BCUT2D eigenvalue weighted by molar-refractivity contribution is 7.91. The number of ether oxygens (including phenoxy) is 1. The minimum absolute atomic E-state index is 0.0157. The average Bonchev–Trinajstić information content (AvgIpc) is 2.53. The average molecular weight is 340 g/mol. The van der Waals surface area contributed by atoms with Crippen LogP contribution in [0.25, 0.3) is 0 Å². The second-order valence-electron chi connectivity index (χ2n) is 6.04. The number of hydrogen-bond donors (Lipinski definition) is 1. The maximum Gasteiger partial charge on any atom is 0.226 e. The van der Waals surface area contributed by atoms with Gasteiger partial charge in [0.2, 0.25) is 5.91 Å². The van der Waals surface area contributed by atoms with E-state index in [9.17, 15) is 13.2 Å². The highest BCUT2D eigenvalue weighted by atomic mass is 32.2. The van der Waals surface area contributed by atoms with Gasteiger partial charge in [0.1, 0.15) is 5.75 Å². The molecular weight excluding hydrogens is 316 g/mol. The van der Waals surface area contributed by atoms with E-state index in [4.69, 9.17) is 10.5 Å². The van der Waals surface area contributed by atoms with Crippen molar-refractivity contribution in [2.45, 2.75) is 30.7 Å². The third-order valence-corrected chi connectivity index (χ3v) is 6.01. The summed E-state index contributed by atoms with van der Waals surface area (Å²) in [5.41, 5.74) is 5.88. The Morgan fingerprint density at radius 3 is 2.61 bits per heavy atom. The number of rotatable bonds is 5. The topological polar surface area (TPSA) is 89.7 Å². The van der Waals surface area contributed by atoms with Gasteiger partial charge in [-0.2, -0.15) is 0 Å². The van der Waals surface area contributed by atoms with E-state index < -0.39 is 15.8 Å². The van der Waals surface area contributed by atoms with E-state index in [1.165, 1.54) is 19.2 Å². The molecule has 0 aromatic heterocycles. The van der Waals surface area contributed by atoms with E-state index in [1.54, 1.807) is 24.0 Å². The number of carbonyl (C=O) groups excluding carboxylic acids is 1. The molecule has 1 aliphatic rings. The molecule has 1 aromatic carbocycles. The van der Waals surface area contributed by atoms with Crippen LogP contribution in [0.1, 0.15) is 19.8 Å². The molecule has 0 aliphatic carbocycles. The van der Waals surface area contributed by atoms with Crippen molar-refractivity contribution < 1.29 is 17.9 Å². The van der Waals surface area contributed by atoms with E-state index in [1.807, 2.05) is 0 Å². The second-order valence-corrected chi connectivity index (χ2v) is 8.08. The summed E-state index contributed by atoms with van der Waals surface area (Å²) in [5.74, 6) is -0.343. The Labute approximate surface area is 137 Å². The molecule has 23 heavy (non-hydrogen) atoms. The van der Waals surface area contributed by atoms with Crippen LogP contribution in [0.5, 0.6) is 5.75 Å². The predicted octanol–water partition coefficient (Wildman–Crippen LogP) is 1.05. The van der Waals surface area contributed by atoms with Gasteiger partial charge < -0.3 is 15.4 Å². The van der Waals surface area contributed by atoms with Gasteiger partial charge in [-0.1, -0.05) is 6.92 Å². The number of hydrogen-bond acceptors (Lipinski definition) is 5. The summed E-state index contributed by atoms with van der Waals surface area (Å²) in [7, 11) is -1.99. The molecule has 0 radical (unpaired) electrons. The van der Waals surface area contributed by atoms with Crippen LogP contribution in [0.2, 0.25) is 0 Å². The molecule has 0 saturated carbocycles. The first kappa shape index (κ1) is 17.7. The predicted molar refractivity (Wildman–Crippen MR) is 88.0 cm³/mol. The van der Waals surface area contributed by atoms with Crippen LogP contribution in [0.3, 0.4) is 0 Å². The van der Waals surface area contributed by atoms with Crippen LogP contribution < -0.4 is 10.5 Å². The van der Waals surface area contributed by atoms with Crippen molar-refractivity contribution in [1.29, 1.82) is 0 Å². The van der Waals surface area contributed by atoms with Crippen LogP contribution in [0, 0.1) is 5.92 Å². The number of nitrogens with zero attached hydrogens (tertiary/aromatic N) is 1. The first-order valence-electron chi connectivity index (χ1n) is 7.74. The lowest BCUT2D eigenvalue weighted by Crippen LogP contribution is -2.48. The SMILES string of the molecule is COc1ccc(S(=O)(=O)CC(C)C(=O)N2CCCC(N)C2)cc1. The molecular formula is C16H24N2O4S. The van der Waals surface area contributed by atoms with E-state index in [0.29, 0.717) is 18.8 Å². The summed E-state index contributed by atoms with van der Waals surface area (Å²) in [6.07, 6.45) is 1.77. The molecule has 0 spiro atoms. The zero-order valence-electron chi connectivity index (χ0n) is 13.6. The van der Waals surface area contributed by atoms with Gasteiger partial charge in [-0.3, -0.25) is 4.79 Å². The minimum Gasteiger partial charge on any atom is -0.497 e. The van der Waals surface area contributed by atoms with Crippen LogP contribution in [0.15, 0.2) is 29.2 Å². The molecule has 1 saturated heterocycles. The van der Waals surface area contributed by atoms with E-state index in [0.717, 1.165) is 12.8 Å². The number of methoxy groups -OCH3 is 1. The molecule has 128 valence electrons. The quantitative estimate of drug-likeness (QED) is 0.865. The Hall–Kier alpha value is -1.60. The fraction of sp³-hybridized carbons (Fsp3) is 0.562. The van der Waals surface area contributed by atoms with Gasteiger partial charge in [-0.05, 0) is 37.1 Å². The van der Waals surface area contributed by atoms with Gasteiger partial charge in [0, 0.05) is 25.0 Å². The monoisotopic (exact) mass is 340 g/mol. The number of carbonyl (C=O) groups is 1. The minimum atomic E-state index is -3.52. The summed E-state index contributed by atoms with van der Waals surface area (Å²) in [5, 5.41) is 0. The van der Waals surface area contributed by atoms with Crippen molar-refractivity contribution in [1.82, 2.24) is 4.90 Å². The standard InChI is InChI=1S/C16H24N2O4S/c1-12(16(19)18-9-3-4-13(17)10-18)11-23(20,21)15-7-5-14(22-2)6-8-15/h5-8,12-13H,3-4,9-11,17H2,1-2H3. The smallest absolute Gasteiger partial charge is 0.226 e. The summed E-state index contributed by atoms with van der Waals surface area (Å²) < 4.78 is 29.9. The van der Waals surface area contributed by atoms with E-state index in [-0.39, 0.29) is 22.6 Å². The molecule has 2 atom stereocenters. The Morgan fingerprint density at radius 1 is 1.39 bits per heavy atom. The maximum atomic E-state index is 12.5. The van der Waals surface area contributed by atoms with Gasteiger partial charge in [0.05, 0.1) is 17.8 Å². The second kappa shape index (κ2) is 7.31. The molecule has 6 nitrogen and oxygen atoms in total. The summed E-state index contributed by atoms with van der Waals surface area (Å²) in [6.45, 7) is 2.81. The molecule has 2 unspecified atom stereocenters. The summed E-state index contributed by atoms with van der Waals surface area (Å²) in [6, 6.07) is 6.19. The molecule has 2 N–H and O–H groups in total. The van der Waals surface area contributed by atoms with Crippen molar-refractivity contribution in [2.75, 3.05) is 26.0 Å². The van der Waals surface area contributed by atoms with Crippen molar-refractivity contribution in [3.05, 3.63) is 24.3 Å². The van der Waals surface area contributed by atoms with Crippen LogP contribution in [-0.2, 0) is 14.6 Å². The Balaban J connectivity index is 2.04. The zero-order chi connectivity index (χ0) is 17.0. The largest absolute Gasteiger partial charge is 0.497 e. The fourth-order valence-electron chi connectivity index (χ4n) is 2.80. The molecule has 2 rings (SSSR count). The molecule has 7 heteroatoms. The lowest BCUT2D eigenvalue weighted by atomic mass is 10.0. The Bertz CT molecular complexity index is 643. The van der Waals surface area contributed by atoms with Gasteiger partial charge in [0.25, 0.3) is 0 Å². The maximum absolute atomic E-state index is 12.5. The number of nitrogens with two attached hydrogens (primary N) is 1. The lowest BCUT2D eigenvalue weighted by molar-refractivity contribution is -0.135. The normalized spacial score (nSPS) is 20.1. The van der Waals surface area contributed by atoms with Crippen molar-refractivity contribution in [2.24, 2.45) is 11.7 Å². The number of amides is 1. The number of likely N-dealkylation sites (tertiary alicyclic amines) is 1. The highest BCUT2D eigenvalue weighted by Gasteiger charge is 2.29. The molecule has 0 bridgehead atoms. The number of piperidine rings is 1. The Kier molecular flexibility index (Phi) is 5.64. The van der Waals surface area contributed by atoms with Crippen molar-refractivity contribution in [3.63, 3.8) is 0 Å². The molecule has 1 fully saturated rings. The lowest BCUT2D eigenvalue weighted by Gasteiger charge is -2.32. The number of benzene rings is 1. The van der Waals surface area contributed by atoms with Crippen LogP contribution in [0.4, 0.5) is 0 Å². The fourth-order valence-corrected chi connectivity index (χ4v) is 4.35. The zero-order valence-corrected chi connectivity index (χ0v) is 14.4. The highest BCUT2D eigenvalue weighted by Crippen LogP contribution is 2.20. The first-order chi connectivity index (χ1) is 10.8. The van der Waals surface area contributed by atoms with Gasteiger partial charge >= 0.3 is 0 Å². The molecule has 1 amide bonds. The van der Waals surface area contributed by atoms with Gasteiger partial charge in [-0.25, -0.2) is 8.42 Å². The Morgan fingerprint density at radius 2 is 2.04 bits per heavy atom. The van der Waals surface area contributed by atoms with E-state index in [2.05, 4.69) is 0 Å². The number of sulfone groups is 1. The summed E-state index contributed by atoms with van der Waals surface area (Å²) in [4.78, 5) is 14.3. The first-order valence-corrected chi connectivity index (χ1v) is 9.40. The summed E-state index contributed by atoms with van der Waals surface area (Å²) >= 11 is 0. The van der Waals surface area contributed by atoms with Gasteiger partial charge in [-0.15, -0.1) is 0 Å². The molecule has 1 heterocycles. The van der Waals surface area contributed by atoms with Gasteiger partial charge in [0.15, 0.2) is 9.84 Å². The van der Waals surface area contributed by atoms with E-state index >= 15 is 0 Å². The third kappa shape index (κ3) is 4.45. The molecule has 1 aromatic rings.